The number of ether oxygens (including phenoxy) is 6. The van der Waals surface area contributed by atoms with E-state index in [-0.39, 0.29) is 18.4 Å². The van der Waals surface area contributed by atoms with Crippen LogP contribution in [-0.2, 0) is 47.6 Å². The molecule has 1 heterocycles. The van der Waals surface area contributed by atoms with Gasteiger partial charge in [0.25, 0.3) is 0 Å². The average Bonchev–Trinajstić information content (AvgIpc) is 3.07. The minimum absolute atomic E-state index is 0.000388. The van der Waals surface area contributed by atoms with Gasteiger partial charge in [-0.2, -0.15) is 0 Å². The van der Waals surface area contributed by atoms with Crippen molar-refractivity contribution in [2.24, 2.45) is 11.3 Å². The van der Waals surface area contributed by atoms with Crippen LogP contribution in [0, 0.1) is 11.3 Å². The van der Waals surface area contributed by atoms with Crippen molar-refractivity contribution in [3.05, 3.63) is 35.9 Å². The van der Waals surface area contributed by atoms with E-state index in [4.69, 9.17) is 28.4 Å². The first-order valence-corrected chi connectivity index (χ1v) is 13.8. The minimum Gasteiger partial charge on any atom is -0.465 e. The summed E-state index contributed by atoms with van der Waals surface area (Å²) in [4.78, 5) is 63.7. The van der Waals surface area contributed by atoms with Crippen molar-refractivity contribution in [1.82, 2.24) is 0 Å². The Hall–Kier alpha value is -3.51. The largest absolute Gasteiger partial charge is 0.465 e. The molecule has 0 radical (unpaired) electrons. The summed E-state index contributed by atoms with van der Waals surface area (Å²) in [6.07, 6.45) is -5.38. The lowest BCUT2D eigenvalue weighted by atomic mass is 9.46. The van der Waals surface area contributed by atoms with Gasteiger partial charge in [0.1, 0.15) is 30.3 Å². The molecular formula is C30H38O12. The zero-order valence-corrected chi connectivity index (χ0v) is 24.8. The monoisotopic (exact) mass is 590 g/mol. The Morgan fingerprint density at radius 2 is 1.40 bits per heavy atom. The fraction of sp³-hybridized carbons (Fsp3) is 0.633. The molecule has 0 amide bonds. The van der Waals surface area contributed by atoms with Gasteiger partial charge in [-0.15, -0.1) is 0 Å². The van der Waals surface area contributed by atoms with Crippen LogP contribution in [0.25, 0.3) is 0 Å². The molecule has 42 heavy (non-hydrogen) atoms. The standard InChI is InChI=1S/C30H38O12/c1-16(31)37-15-29-21(41-26(35)20-11-9-8-10-12-20)13-14-28(7,36)30(29)24(39-18(3)33)22(27(5,6)42-30)23(38-17(2)32)25(29)40-19(4)34/h8-12,21-25,36H,13-15H2,1-7H3. The highest BCUT2D eigenvalue weighted by molar-refractivity contribution is 5.89. The van der Waals surface area contributed by atoms with E-state index in [1.165, 1.54) is 20.8 Å². The van der Waals surface area contributed by atoms with E-state index >= 15 is 0 Å². The molecule has 2 saturated carbocycles. The number of benzene rings is 1. The topological polar surface area (TPSA) is 161 Å². The lowest BCUT2D eigenvalue weighted by Gasteiger charge is -2.65. The number of carbonyl (C=O) groups is 5. The van der Waals surface area contributed by atoms with Gasteiger partial charge in [-0.1, -0.05) is 18.2 Å². The summed E-state index contributed by atoms with van der Waals surface area (Å²) in [5, 5.41) is 12.2. The Morgan fingerprint density at radius 3 is 1.95 bits per heavy atom. The van der Waals surface area contributed by atoms with Crippen LogP contribution in [0.4, 0.5) is 0 Å². The summed E-state index contributed by atoms with van der Waals surface area (Å²) >= 11 is 0. The van der Waals surface area contributed by atoms with Gasteiger partial charge in [0.15, 0.2) is 11.7 Å². The SMILES string of the molecule is CC(=O)OCC12C(OC(=O)c3ccccc3)CCC(C)(O)C13OC(C)(C)C(C(OC(C)=O)C2OC(C)=O)C3OC(C)=O. The maximum absolute atomic E-state index is 13.5. The highest BCUT2D eigenvalue weighted by atomic mass is 16.6. The highest BCUT2D eigenvalue weighted by Crippen LogP contribution is 2.69. The molecule has 8 atom stereocenters. The average molecular weight is 591 g/mol. The quantitative estimate of drug-likeness (QED) is 0.365. The molecule has 8 unspecified atom stereocenters. The zero-order chi connectivity index (χ0) is 31.3. The Bertz CT molecular complexity index is 1260. The van der Waals surface area contributed by atoms with E-state index < -0.39 is 89.0 Å². The number of hydrogen-bond donors (Lipinski definition) is 1. The van der Waals surface area contributed by atoms with Gasteiger partial charge in [0, 0.05) is 27.7 Å². The molecule has 3 aliphatic rings. The Morgan fingerprint density at radius 1 is 0.833 bits per heavy atom. The molecule has 230 valence electrons. The van der Waals surface area contributed by atoms with Crippen LogP contribution in [-0.4, -0.2) is 82.8 Å². The predicted octanol–water partition coefficient (Wildman–Crippen LogP) is 2.28. The third kappa shape index (κ3) is 4.94. The van der Waals surface area contributed by atoms with Crippen LogP contribution < -0.4 is 0 Å². The van der Waals surface area contributed by atoms with Crippen LogP contribution >= 0.6 is 0 Å². The maximum Gasteiger partial charge on any atom is 0.338 e. The van der Waals surface area contributed by atoms with Crippen LogP contribution in [0.2, 0.25) is 0 Å². The fourth-order valence-electron chi connectivity index (χ4n) is 7.43. The van der Waals surface area contributed by atoms with Crippen molar-refractivity contribution >= 4 is 29.8 Å². The van der Waals surface area contributed by atoms with Gasteiger partial charge in [-0.3, -0.25) is 19.2 Å². The Kier molecular flexibility index (Phi) is 8.20. The second kappa shape index (κ2) is 11.0. The normalized spacial score (nSPS) is 36.1. The second-order valence-electron chi connectivity index (χ2n) is 12.0. The first-order chi connectivity index (χ1) is 19.5. The number of hydrogen-bond acceptors (Lipinski definition) is 12. The van der Waals surface area contributed by atoms with E-state index in [0.717, 1.165) is 13.8 Å². The summed E-state index contributed by atoms with van der Waals surface area (Å²) in [5.74, 6) is -4.68. The smallest absolute Gasteiger partial charge is 0.338 e. The number of carbonyl (C=O) groups excluding carboxylic acids is 5. The molecule has 1 aromatic carbocycles. The third-order valence-corrected chi connectivity index (χ3v) is 8.73. The van der Waals surface area contributed by atoms with Crippen molar-refractivity contribution in [2.45, 2.75) is 103 Å². The molecule has 4 rings (SSSR count). The molecular weight excluding hydrogens is 552 g/mol. The summed E-state index contributed by atoms with van der Waals surface area (Å²) < 4.78 is 36.1. The molecule has 1 aliphatic heterocycles. The van der Waals surface area contributed by atoms with Gasteiger partial charge in [-0.05, 0) is 45.7 Å². The molecule has 0 aromatic heterocycles. The fourth-order valence-corrected chi connectivity index (χ4v) is 7.43. The number of aliphatic hydroxyl groups is 1. The van der Waals surface area contributed by atoms with Crippen molar-refractivity contribution in [2.75, 3.05) is 6.61 Å². The van der Waals surface area contributed by atoms with Crippen molar-refractivity contribution in [3.8, 4) is 0 Å². The summed E-state index contributed by atoms with van der Waals surface area (Å²) in [6.45, 7) is 8.87. The van der Waals surface area contributed by atoms with Crippen LogP contribution in [0.5, 0.6) is 0 Å². The Balaban J connectivity index is 2.07. The number of esters is 5. The molecule has 1 N–H and O–H groups in total. The molecule has 2 bridgehead atoms. The maximum atomic E-state index is 13.5. The van der Waals surface area contributed by atoms with E-state index in [2.05, 4.69) is 0 Å². The zero-order valence-electron chi connectivity index (χ0n) is 24.8. The summed E-state index contributed by atoms with van der Waals surface area (Å²) in [6, 6.07) is 8.14. The molecule has 12 nitrogen and oxygen atoms in total. The number of fused-ring (bicyclic) bond motifs is 1. The van der Waals surface area contributed by atoms with Crippen molar-refractivity contribution in [3.63, 3.8) is 0 Å². The summed E-state index contributed by atoms with van der Waals surface area (Å²) in [7, 11) is 0. The molecule has 1 saturated heterocycles. The van der Waals surface area contributed by atoms with Gasteiger partial charge in [-0.25, -0.2) is 4.79 Å². The lowest BCUT2D eigenvalue weighted by Crippen LogP contribution is -2.83. The molecule has 3 fully saturated rings. The Labute approximate surface area is 243 Å². The second-order valence-corrected chi connectivity index (χ2v) is 12.0. The lowest BCUT2D eigenvalue weighted by molar-refractivity contribution is -0.349. The van der Waals surface area contributed by atoms with Gasteiger partial charge in [0.2, 0.25) is 0 Å². The van der Waals surface area contributed by atoms with Gasteiger partial charge >= 0.3 is 29.8 Å². The molecule has 1 aromatic rings. The van der Waals surface area contributed by atoms with Crippen molar-refractivity contribution in [1.29, 1.82) is 0 Å². The first-order valence-electron chi connectivity index (χ1n) is 13.8. The van der Waals surface area contributed by atoms with Gasteiger partial charge in [0.05, 0.1) is 22.7 Å². The van der Waals surface area contributed by atoms with Crippen molar-refractivity contribution < 1.29 is 57.5 Å². The van der Waals surface area contributed by atoms with Crippen LogP contribution in [0.3, 0.4) is 0 Å². The molecule has 2 aliphatic carbocycles. The predicted molar refractivity (Wildman–Crippen MR) is 143 cm³/mol. The van der Waals surface area contributed by atoms with E-state index in [0.29, 0.717) is 0 Å². The van der Waals surface area contributed by atoms with Crippen LogP contribution in [0.1, 0.15) is 71.7 Å². The molecule has 12 heteroatoms. The van der Waals surface area contributed by atoms with E-state index in [9.17, 15) is 29.1 Å². The van der Waals surface area contributed by atoms with Crippen LogP contribution in [0.15, 0.2) is 30.3 Å². The van der Waals surface area contributed by atoms with Gasteiger partial charge < -0.3 is 33.5 Å². The third-order valence-electron chi connectivity index (χ3n) is 8.73. The van der Waals surface area contributed by atoms with E-state index in [1.807, 2.05) is 0 Å². The molecule has 1 spiro atoms. The first kappa shape index (κ1) is 31.4. The summed E-state index contributed by atoms with van der Waals surface area (Å²) in [5.41, 5.74) is -6.79. The van der Waals surface area contributed by atoms with E-state index in [1.54, 1.807) is 44.2 Å². The highest BCUT2D eigenvalue weighted by Gasteiger charge is 2.87. The number of rotatable bonds is 7. The minimum atomic E-state index is -1.98.